The van der Waals surface area contributed by atoms with E-state index in [0.29, 0.717) is 18.8 Å². The molecule has 4 rings (SSSR count). The summed E-state index contributed by atoms with van der Waals surface area (Å²) in [6.07, 6.45) is 5.67. The molecule has 0 radical (unpaired) electrons. The molecule has 4 aliphatic rings. The molecule has 8 nitrogen and oxygen atoms in total. The monoisotopic (exact) mass is 515 g/mol. The molecule has 4 aliphatic carbocycles. The first-order valence-corrected chi connectivity index (χ1v) is 15.1. The molecule has 1 amide bonds. The van der Waals surface area contributed by atoms with Crippen molar-refractivity contribution in [1.82, 2.24) is 5.32 Å². The quantitative estimate of drug-likeness (QED) is 0.327. The van der Waals surface area contributed by atoms with Crippen molar-refractivity contribution in [2.45, 2.75) is 96.9 Å². The molecular formula is C26H45NO7S. The molecule has 0 aromatic carbocycles. The molecule has 0 aromatic rings. The summed E-state index contributed by atoms with van der Waals surface area (Å²) in [5, 5.41) is 35.8. The number of nitrogens with one attached hydrogen (secondary N) is 1. The molecule has 4 fully saturated rings. The van der Waals surface area contributed by atoms with Gasteiger partial charge in [-0.05, 0) is 97.7 Å². The van der Waals surface area contributed by atoms with Crippen LogP contribution in [0.3, 0.4) is 0 Å². The maximum absolute atomic E-state index is 12.2. The lowest BCUT2D eigenvalue weighted by Crippen LogP contribution is -2.62. The fourth-order valence-electron chi connectivity index (χ4n) is 9.10. The van der Waals surface area contributed by atoms with Gasteiger partial charge in [-0.25, -0.2) is 0 Å². The summed E-state index contributed by atoms with van der Waals surface area (Å²) < 4.78 is 30.5. The Bertz CT molecular complexity index is 896. The van der Waals surface area contributed by atoms with E-state index in [0.717, 1.165) is 38.5 Å². The van der Waals surface area contributed by atoms with Gasteiger partial charge in [-0.1, -0.05) is 20.8 Å². The first kappa shape index (κ1) is 27.3. The van der Waals surface area contributed by atoms with Crippen LogP contribution >= 0.6 is 0 Å². The van der Waals surface area contributed by atoms with Gasteiger partial charge >= 0.3 is 0 Å². The number of carbonyl (C=O) groups is 1. The Morgan fingerprint density at radius 2 is 1.77 bits per heavy atom. The van der Waals surface area contributed by atoms with Gasteiger partial charge in [-0.3, -0.25) is 9.35 Å². The number of rotatable bonds is 7. The number of aliphatic hydroxyl groups excluding tert-OH is 3. The van der Waals surface area contributed by atoms with Gasteiger partial charge in [0.05, 0.1) is 24.1 Å². The van der Waals surface area contributed by atoms with Crippen LogP contribution in [0.5, 0.6) is 0 Å². The summed E-state index contributed by atoms with van der Waals surface area (Å²) >= 11 is 0. The van der Waals surface area contributed by atoms with E-state index in [-0.39, 0.29) is 65.4 Å². The van der Waals surface area contributed by atoms with Gasteiger partial charge in [-0.2, -0.15) is 8.42 Å². The third kappa shape index (κ3) is 5.05. The van der Waals surface area contributed by atoms with Crippen LogP contribution < -0.4 is 5.32 Å². The van der Waals surface area contributed by atoms with E-state index < -0.39 is 28.1 Å². The van der Waals surface area contributed by atoms with Crippen molar-refractivity contribution in [1.29, 1.82) is 0 Å². The van der Waals surface area contributed by atoms with Crippen LogP contribution in [0.2, 0.25) is 0 Å². The molecule has 7 unspecified atom stereocenters. The van der Waals surface area contributed by atoms with Crippen LogP contribution in [0.25, 0.3) is 0 Å². The van der Waals surface area contributed by atoms with Gasteiger partial charge in [0.2, 0.25) is 5.91 Å². The van der Waals surface area contributed by atoms with Gasteiger partial charge in [0.1, 0.15) is 0 Å². The summed E-state index contributed by atoms with van der Waals surface area (Å²) in [5.41, 5.74) is -0.254. The standard InChI is InChI=1S/C26H45NO7S/c1-15(4-7-23(31)27-10-11-35(32,33)34)18-5-6-19-24-20(14-22(30)26(18,19)3)25(2)9-8-17(28)12-16(25)13-21(24)29/h15-22,24,28-30H,4-14H2,1-3H3,(H,27,31)(H,32,33,34)/t15?,16-,17?,18+,19?,20?,21?,22?,24?,25-,26+/m0/s1. The Balaban J connectivity index is 1.43. The lowest BCUT2D eigenvalue weighted by atomic mass is 9.43. The van der Waals surface area contributed by atoms with Crippen molar-refractivity contribution < 1.29 is 33.1 Å². The van der Waals surface area contributed by atoms with Gasteiger partial charge in [0.25, 0.3) is 10.1 Å². The fraction of sp³-hybridized carbons (Fsp3) is 0.962. The molecule has 0 bridgehead atoms. The number of fused-ring (bicyclic) bond motifs is 5. The molecule has 0 aromatic heterocycles. The number of carbonyl (C=O) groups excluding carboxylic acids is 1. The maximum atomic E-state index is 12.2. The smallest absolute Gasteiger partial charge is 0.266 e. The van der Waals surface area contributed by atoms with Gasteiger partial charge in [-0.15, -0.1) is 0 Å². The summed E-state index contributed by atoms with van der Waals surface area (Å²) in [6.45, 7) is 6.56. The molecule has 4 saturated carbocycles. The van der Waals surface area contributed by atoms with Crippen molar-refractivity contribution in [3.8, 4) is 0 Å². The lowest BCUT2D eigenvalue weighted by Gasteiger charge is -2.63. The number of aliphatic hydroxyl groups is 3. The summed E-state index contributed by atoms with van der Waals surface area (Å²) in [4.78, 5) is 12.2. The topological polar surface area (TPSA) is 144 Å². The molecule has 35 heavy (non-hydrogen) atoms. The van der Waals surface area contributed by atoms with E-state index in [2.05, 4.69) is 26.1 Å². The summed E-state index contributed by atoms with van der Waals surface area (Å²) in [5.74, 6) is 0.705. The van der Waals surface area contributed by atoms with Crippen molar-refractivity contribution in [3.63, 3.8) is 0 Å². The second-order valence-electron chi connectivity index (χ2n) is 12.7. The van der Waals surface area contributed by atoms with Crippen LogP contribution in [-0.2, 0) is 14.9 Å². The average Bonchev–Trinajstić information content (AvgIpc) is 3.12. The molecular weight excluding hydrogens is 470 g/mol. The SMILES string of the molecule is CC(CCC(=O)NCCS(=O)(=O)O)[C@H]1CCC2C3C(O)C[C@@H]4CC(O)CC[C@]4(C)C3CC(O)[C@@]21C. The van der Waals surface area contributed by atoms with Gasteiger partial charge in [0.15, 0.2) is 0 Å². The molecule has 202 valence electrons. The van der Waals surface area contributed by atoms with Gasteiger partial charge in [0, 0.05) is 13.0 Å². The van der Waals surface area contributed by atoms with Crippen LogP contribution in [0, 0.1) is 46.3 Å². The van der Waals surface area contributed by atoms with E-state index in [1.165, 1.54) is 0 Å². The first-order valence-electron chi connectivity index (χ1n) is 13.5. The minimum Gasteiger partial charge on any atom is -0.393 e. The van der Waals surface area contributed by atoms with Crippen molar-refractivity contribution in [2.75, 3.05) is 12.3 Å². The Labute approximate surface area is 210 Å². The molecule has 0 spiro atoms. The summed E-state index contributed by atoms with van der Waals surface area (Å²) in [6, 6.07) is 0. The van der Waals surface area contributed by atoms with Crippen molar-refractivity contribution >= 4 is 16.0 Å². The van der Waals surface area contributed by atoms with Crippen molar-refractivity contribution in [3.05, 3.63) is 0 Å². The van der Waals surface area contributed by atoms with Crippen molar-refractivity contribution in [2.24, 2.45) is 46.3 Å². The van der Waals surface area contributed by atoms with E-state index in [1.54, 1.807) is 0 Å². The average molecular weight is 516 g/mol. The summed E-state index contributed by atoms with van der Waals surface area (Å²) in [7, 11) is -4.10. The second-order valence-corrected chi connectivity index (χ2v) is 14.2. The normalized spacial score (nSPS) is 46.3. The molecule has 0 heterocycles. The number of amides is 1. The Morgan fingerprint density at radius 3 is 2.46 bits per heavy atom. The lowest BCUT2D eigenvalue weighted by molar-refractivity contribution is -0.207. The molecule has 11 atom stereocenters. The highest BCUT2D eigenvalue weighted by Crippen LogP contribution is 2.68. The second kappa shape index (κ2) is 9.86. The van der Waals surface area contributed by atoms with Crippen LogP contribution in [0.4, 0.5) is 0 Å². The Morgan fingerprint density at radius 1 is 1.06 bits per heavy atom. The van der Waals surface area contributed by atoms with E-state index in [9.17, 15) is 28.5 Å². The molecule has 5 N–H and O–H groups in total. The number of hydrogen-bond acceptors (Lipinski definition) is 6. The van der Waals surface area contributed by atoms with Crippen LogP contribution in [0.1, 0.15) is 78.6 Å². The van der Waals surface area contributed by atoms with E-state index >= 15 is 0 Å². The zero-order chi connectivity index (χ0) is 25.8. The van der Waals surface area contributed by atoms with Crippen LogP contribution in [0.15, 0.2) is 0 Å². The third-order valence-corrected chi connectivity index (χ3v) is 11.7. The molecule has 0 saturated heterocycles. The predicted molar refractivity (Wildman–Crippen MR) is 132 cm³/mol. The molecule has 9 heteroatoms. The van der Waals surface area contributed by atoms with E-state index in [1.807, 2.05) is 0 Å². The highest BCUT2D eigenvalue weighted by Gasteiger charge is 2.65. The number of hydrogen-bond donors (Lipinski definition) is 5. The Kier molecular flexibility index (Phi) is 7.69. The highest BCUT2D eigenvalue weighted by atomic mass is 32.2. The van der Waals surface area contributed by atoms with Gasteiger partial charge < -0.3 is 20.6 Å². The minimum absolute atomic E-state index is 0.0509. The zero-order valence-electron chi connectivity index (χ0n) is 21.4. The predicted octanol–water partition coefficient (Wildman–Crippen LogP) is 2.37. The first-order chi connectivity index (χ1) is 16.3. The largest absolute Gasteiger partial charge is 0.393 e. The van der Waals surface area contributed by atoms with E-state index in [4.69, 9.17) is 4.55 Å². The van der Waals surface area contributed by atoms with Crippen LogP contribution in [-0.4, -0.2) is 64.8 Å². The molecule has 0 aliphatic heterocycles. The zero-order valence-corrected chi connectivity index (χ0v) is 22.2. The third-order valence-electron chi connectivity index (χ3n) is 11.0. The minimum atomic E-state index is -4.10. The highest BCUT2D eigenvalue weighted by molar-refractivity contribution is 7.85. The fourth-order valence-corrected chi connectivity index (χ4v) is 9.46. The maximum Gasteiger partial charge on any atom is 0.266 e. The Hall–Kier alpha value is -0.740.